The Morgan fingerprint density at radius 3 is 2.81 bits per heavy atom. The third kappa shape index (κ3) is 1.46. The van der Waals surface area contributed by atoms with E-state index in [2.05, 4.69) is 49.4 Å². The van der Waals surface area contributed by atoms with Crippen molar-refractivity contribution in [3.63, 3.8) is 0 Å². The second-order valence-electron chi connectivity index (χ2n) is 4.58. The molecule has 0 N–H and O–H groups in total. The average Bonchev–Trinajstić information content (AvgIpc) is 2.72. The van der Waals surface area contributed by atoms with Crippen LogP contribution in [0.5, 0.6) is 0 Å². The zero-order chi connectivity index (χ0) is 11.0. The van der Waals surface area contributed by atoms with Gasteiger partial charge in [0, 0.05) is 0 Å². The van der Waals surface area contributed by atoms with Crippen LogP contribution in [0.1, 0.15) is 30.9 Å². The van der Waals surface area contributed by atoms with Crippen LogP contribution in [0, 0.1) is 0 Å². The summed E-state index contributed by atoms with van der Waals surface area (Å²) in [4.78, 5) is 0. The fraction of sp³-hybridized carbons (Fsp3) is 0.250. The van der Waals surface area contributed by atoms with E-state index < -0.39 is 0 Å². The molecule has 1 aliphatic carbocycles. The minimum absolute atomic E-state index is 1.16. The summed E-state index contributed by atoms with van der Waals surface area (Å²) >= 11 is 0. The summed E-state index contributed by atoms with van der Waals surface area (Å²) in [6.45, 7) is 2.25. The highest BCUT2D eigenvalue weighted by Crippen LogP contribution is 2.33. The highest BCUT2D eigenvalue weighted by Gasteiger charge is 2.14. The molecule has 2 aromatic carbocycles. The van der Waals surface area contributed by atoms with Crippen molar-refractivity contribution in [2.24, 2.45) is 0 Å². The van der Waals surface area contributed by atoms with Gasteiger partial charge in [-0.05, 0) is 34.7 Å². The summed E-state index contributed by atoms with van der Waals surface area (Å²) in [5.41, 5.74) is 4.55. The van der Waals surface area contributed by atoms with Crippen molar-refractivity contribution in [3.8, 4) is 0 Å². The van der Waals surface area contributed by atoms with Gasteiger partial charge in [0.1, 0.15) is 0 Å². The minimum atomic E-state index is 1.16. The van der Waals surface area contributed by atoms with Gasteiger partial charge in [-0.25, -0.2) is 0 Å². The molecule has 1 aliphatic rings. The van der Waals surface area contributed by atoms with Gasteiger partial charge in [-0.3, -0.25) is 0 Å². The molecule has 0 nitrogen and oxygen atoms in total. The Bertz CT molecular complexity index is 561. The van der Waals surface area contributed by atoms with E-state index in [1.165, 1.54) is 34.7 Å². The molecule has 0 spiro atoms. The highest BCUT2D eigenvalue weighted by molar-refractivity contribution is 5.90. The van der Waals surface area contributed by atoms with E-state index in [0.717, 1.165) is 6.42 Å². The van der Waals surface area contributed by atoms with Crippen LogP contribution in [-0.2, 0) is 6.42 Å². The standard InChI is InChI=1S/C16H16/c1-2-5-12-10-14-9-8-13-6-3-4-7-15(13)16(14)11-12/h3-4,6-10H,2,5,11H2,1H3. The van der Waals surface area contributed by atoms with Crippen LogP contribution in [0.3, 0.4) is 0 Å². The molecule has 16 heavy (non-hydrogen) atoms. The Morgan fingerprint density at radius 2 is 1.94 bits per heavy atom. The van der Waals surface area contributed by atoms with Crippen LogP contribution >= 0.6 is 0 Å². The second kappa shape index (κ2) is 3.79. The smallest absolute Gasteiger partial charge is 0.00517 e. The molecule has 0 heterocycles. The molecule has 0 heteroatoms. The monoisotopic (exact) mass is 208 g/mol. The Hall–Kier alpha value is -1.56. The van der Waals surface area contributed by atoms with E-state index in [-0.39, 0.29) is 0 Å². The van der Waals surface area contributed by atoms with E-state index >= 15 is 0 Å². The fourth-order valence-corrected chi connectivity index (χ4v) is 2.67. The van der Waals surface area contributed by atoms with Crippen LogP contribution in [0.15, 0.2) is 42.0 Å². The van der Waals surface area contributed by atoms with Gasteiger partial charge in [-0.15, -0.1) is 0 Å². The highest BCUT2D eigenvalue weighted by atomic mass is 14.2. The van der Waals surface area contributed by atoms with E-state index in [1.807, 2.05) is 0 Å². The lowest BCUT2D eigenvalue weighted by molar-refractivity contribution is 0.888. The normalized spacial score (nSPS) is 13.9. The van der Waals surface area contributed by atoms with Gasteiger partial charge < -0.3 is 0 Å². The molecule has 0 saturated carbocycles. The molecule has 80 valence electrons. The second-order valence-corrected chi connectivity index (χ2v) is 4.58. The summed E-state index contributed by atoms with van der Waals surface area (Å²) in [5, 5.41) is 2.80. The summed E-state index contributed by atoms with van der Waals surface area (Å²) < 4.78 is 0. The first-order valence-electron chi connectivity index (χ1n) is 6.08. The average molecular weight is 208 g/mol. The summed E-state index contributed by atoms with van der Waals surface area (Å²) in [6, 6.07) is 13.2. The van der Waals surface area contributed by atoms with Crippen molar-refractivity contribution < 1.29 is 0 Å². The summed E-state index contributed by atoms with van der Waals surface area (Å²) in [7, 11) is 0. The molecular formula is C16H16. The molecule has 0 unspecified atom stereocenters. The SMILES string of the molecule is CCCC1=Cc2ccc3ccccc3c2C1. The summed E-state index contributed by atoms with van der Waals surface area (Å²) in [5.74, 6) is 0. The van der Waals surface area contributed by atoms with Crippen molar-refractivity contribution >= 4 is 16.8 Å². The van der Waals surface area contributed by atoms with Gasteiger partial charge in [0.05, 0.1) is 0 Å². The lowest BCUT2D eigenvalue weighted by Gasteiger charge is -2.05. The van der Waals surface area contributed by atoms with Crippen molar-refractivity contribution in [1.29, 1.82) is 0 Å². The van der Waals surface area contributed by atoms with Crippen molar-refractivity contribution in [1.82, 2.24) is 0 Å². The third-order valence-electron chi connectivity index (χ3n) is 3.41. The van der Waals surface area contributed by atoms with Crippen LogP contribution in [-0.4, -0.2) is 0 Å². The van der Waals surface area contributed by atoms with Crippen LogP contribution in [0.4, 0.5) is 0 Å². The minimum Gasteiger partial charge on any atom is -0.0652 e. The molecule has 0 amide bonds. The van der Waals surface area contributed by atoms with Crippen molar-refractivity contribution in [2.45, 2.75) is 26.2 Å². The zero-order valence-corrected chi connectivity index (χ0v) is 9.66. The Labute approximate surface area is 96.6 Å². The largest absolute Gasteiger partial charge is 0.0652 e. The number of benzene rings is 2. The molecular weight excluding hydrogens is 192 g/mol. The van der Waals surface area contributed by atoms with Gasteiger partial charge in [0.2, 0.25) is 0 Å². The van der Waals surface area contributed by atoms with Gasteiger partial charge in [0.25, 0.3) is 0 Å². The molecule has 0 radical (unpaired) electrons. The third-order valence-corrected chi connectivity index (χ3v) is 3.41. The number of fused-ring (bicyclic) bond motifs is 3. The maximum absolute atomic E-state index is 2.38. The molecule has 0 aromatic heterocycles. The lowest BCUT2D eigenvalue weighted by Crippen LogP contribution is -1.87. The van der Waals surface area contributed by atoms with Crippen molar-refractivity contribution in [2.75, 3.05) is 0 Å². The van der Waals surface area contributed by atoms with Crippen LogP contribution < -0.4 is 0 Å². The van der Waals surface area contributed by atoms with Crippen LogP contribution in [0.2, 0.25) is 0 Å². The van der Waals surface area contributed by atoms with Crippen molar-refractivity contribution in [3.05, 3.63) is 53.1 Å². The number of rotatable bonds is 2. The molecule has 0 fully saturated rings. The van der Waals surface area contributed by atoms with Gasteiger partial charge >= 0.3 is 0 Å². The van der Waals surface area contributed by atoms with E-state index in [9.17, 15) is 0 Å². The number of hydrogen-bond acceptors (Lipinski definition) is 0. The molecule has 0 atom stereocenters. The van der Waals surface area contributed by atoms with E-state index in [4.69, 9.17) is 0 Å². The predicted octanol–water partition coefficient (Wildman–Crippen LogP) is 4.58. The van der Waals surface area contributed by atoms with Gasteiger partial charge in [-0.2, -0.15) is 0 Å². The van der Waals surface area contributed by atoms with Gasteiger partial charge in [-0.1, -0.05) is 61.4 Å². The Balaban J connectivity index is 2.12. The first kappa shape index (κ1) is 9.65. The zero-order valence-electron chi connectivity index (χ0n) is 9.66. The maximum Gasteiger partial charge on any atom is -0.00517 e. The Morgan fingerprint density at radius 1 is 1.06 bits per heavy atom. The first-order chi connectivity index (χ1) is 7.88. The molecule has 0 aliphatic heterocycles. The lowest BCUT2D eigenvalue weighted by atomic mass is 9.99. The Kier molecular flexibility index (Phi) is 2.28. The fourth-order valence-electron chi connectivity index (χ4n) is 2.67. The maximum atomic E-state index is 2.38. The first-order valence-corrected chi connectivity index (χ1v) is 6.08. The molecule has 0 bridgehead atoms. The molecule has 3 rings (SSSR count). The number of hydrogen-bond donors (Lipinski definition) is 0. The topological polar surface area (TPSA) is 0 Å². The predicted molar refractivity (Wildman–Crippen MR) is 70.5 cm³/mol. The number of allylic oxidation sites excluding steroid dienone is 1. The summed E-state index contributed by atoms with van der Waals surface area (Å²) in [6.07, 6.45) is 6.02. The van der Waals surface area contributed by atoms with E-state index in [1.54, 1.807) is 5.57 Å². The van der Waals surface area contributed by atoms with Crippen LogP contribution in [0.25, 0.3) is 16.8 Å². The molecule has 0 saturated heterocycles. The van der Waals surface area contributed by atoms with E-state index in [0.29, 0.717) is 0 Å². The molecule has 2 aromatic rings. The van der Waals surface area contributed by atoms with Gasteiger partial charge in [0.15, 0.2) is 0 Å². The quantitative estimate of drug-likeness (QED) is 0.677.